The van der Waals surface area contributed by atoms with E-state index in [-0.39, 0.29) is 12.4 Å². The van der Waals surface area contributed by atoms with E-state index in [4.69, 9.17) is 4.74 Å². The normalized spacial score (nSPS) is 10.8. The van der Waals surface area contributed by atoms with Gasteiger partial charge in [0.15, 0.2) is 0 Å². The number of rotatable bonds is 3. The van der Waals surface area contributed by atoms with Gasteiger partial charge in [0.25, 0.3) is 0 Å². The van der Waals surface area contributed by atoms with Gasteiger partial charge in [-0.1, -0.05) is 40.2 Å². The van der Waals surface area contributed by atoms with Crippen LogP contribution < -0.4 is 4.74 Å². The second kappa shape index (κ2) is 5.82. The van der Waals surface area contributed by atoms with Crippen molar-refractivity contribution in [3.8, 4) is 5.75 Å². The van der Waals surface area contributed by atoms with Crippen molar-refractivity contribution in [2.75, 3.05) is 0 Å². The summed E-state index contributed by atoms with van der Waals surface area (Å²) >= 11 is 3.24. The lowest BCUT2D eigenvalue weighted by Gasteiger charge is -2.10. The van der Waals surface area contributed by atoms with Crippen molar-refractivity contribution < 1.29 is 9.13 Å². The number of fused-ring (bicyclic) bond motifs is 1. The van der Waals surface area contributed by atoms with Crippen LogP contribution in [0.3, 0.4) is 0 Å². The number of nitrogens with zero attached hydrogens (tertiary/aromatic N) is 1. The first-order valence-corrected chi connectivity index (χ1v) is 7.36. The lowest BCUT2D eigenvalue weighted by Crippen LogP contribution is -1.99. The highest BCUT2D eigenvalue weighted by molar-refractivity contribution is 9.10. The van der Waals surface area contributed by atoms with Crippen LogP contribution in [0, 0.1) is 12.7 Å². The first-order chi connectivity index (χ1) is 10.1. The lowest BCUT2D eigenvalue weighted by molar-refractivity contribution is 0.303. The molecule has 0 aliphatic rings. The van der Waals surface area contributed by atoms with E-state index in [1.807, 2.05) is 37.3 Å². The average molecular weight is 346 g/mol. The molecule has 0 aliphatic carbocycles. The molecule has 4 heteroatoms. The molecule has 0 spiro atoms. The van der Waals surface area contributed by atoms with Gasteiger partial charge in [0.05, 0.1) is 0 Å². The Hall–Kier alpha value is -1.94. The number of hydrogen-bond acceptors (Lipinski definition) is 2. The number of hydrogen-bond donors (Lipinski definition) is 0. The maximum absolute atomic E-state index is 13.8. The van der Waals surface area contributed by atoms with Gasteiger partial charge in [0.2, 0.25) is 0 Å². The first kappa shape index (κ1) is 14.0. The van der Waals surface area contributed by atoms with E-state index in [2.05, 4.69) is 20.9 Å². The lowest BCUT2D eigenvalue weighted by atomic mass is 10.2. The summed E-state index contributed by atoms with van der Waals surface area (Å²) < 4.78 is 20.3. The molecule has 0 atom stereocenters. The Morgan fingerprint density at radius 1 is 1.14 bits per heavy atom. The van der Waals surface area contributed by atoms with Crippen LogP contribution in [-0.2, 0) is 6.61 Å². The zero-order chi connectivity index (χ0) is 14.8. The zero-order valence-electron chi connectivity index (χ0n) is 11.4. The molecule has 0 fully saturated rings. The van der Waals surface area contributed by atoms with Gasteiger partial charge >= 0.3 is 0 Å². The SMILES string of the molecule is Cc1ccc2cccc(OCc3ccc(Br)cc3F)c2n1. The van der Waals surface area contributed by atoms with Crippen LogP contribution >= 0.6 is 15.9 Å². The minimum Gasteiger partial charge on any atom is -0.487 e. The van der Waals surface area contributed by atoms with E-state index in [0.29, 0.717) is 15.8 Å². The fourth-order valence-electron chi connectivity index (χ4n) is 2.13. The van der Waals surface area contributed by atoms with Gasteiger partial charge in [-0.05, 0) is 31.2 Å². The number of ether oxygens (including phenoxy) is 1. The van der Waals surface area contributed by atoms with Crippen molar-refractivity contribution in [3.63, 3.8) is 0 Å². The van der Waals surface area contributed by atoms with Crippen LogP contribution in [-0.4, -0.2) is 4.98 Å². The summed E-state index contributed by atoms with van der Waals surface area (Å²) in [6.45, 7) is 2.11. The number of para-hydroxylation sites is 1. The highest BCUT2D eigenvalue weighted by Gasteiger charge is 2.07. The Bertz CT molecular complexity index is 804. The van der Waals surface area contributed by atoms with Crippen molar-refractivity contribution in [1.29, 1.82) is 0 Å². The number of benzene rings is 2. The van der Waals surface area contributed by atoms with Gasteiger partial charge in [-0.2, -0.15) is 0 Å². The molecule has 2 aromatic carbocycles. The largest absolute Gasteiger partial charge is 0.487 e. The highest BCUT2D eigenvalue weighted by atomic mass is 79.9. The maximum Gasteiger partial charge on any atom is 0.146 e. The maximum atomic E-state index is 13.8. The van der Waals surface area contributed by atoms with E-state index in [1.165, 1.54) is 6.07 Å². The number of aromatic nitrogens is 1. The first-order valence-electron chi connectivity index (χ1n) is 6.56. The van der Waals surface area contributed by atoms with Gasteiger partial charge in [-0.15, -0.1) is 0 Å². The molecule has 106 valence electrons. The smallest absolute Gasteiger partial charge is 0.146 e. The van der Waals surface area contributed by atoms with E-state index in [1.54, 1.807) is 12.1 Å². The average Bonchev–Trinajstić information content (AvgIpc) is 2.46. The molecular formula is C17H13BrFNO. The standard InChI is InChI=1S/C17H13BrFNO/c1-11-5-6-12-3-2-4-16(17(12)20-11)21-10-13-7-8-14(18)9-15(13)19/h2-9H,10H2,1H3. The van der Waals surface area contributed by atoms with Crippen molar-refractivity contribution in [2.45, 2.75) is 13.5 Å². The van der Waals surface area contributed by atoms with Crippen LogP contribution in [0.4, 0.5) is 4.39 Å². The van der Waals surface area contributed by atoms with E-state index in [9.17, 15) is 4.39 Å². The minimum atomic E-state index is -0.284. The van der Waals surface area contributed by atoms with Crippen LogP contribution in [0.1, 0.15) is 11.3 Å². The monoisotopic (exact) mass is 345 g/mol. The molecule has 0 saturated heterocycles. The Morgan fingerprint density at radius 2 is 2.00 bits per heavy atom. The predicted octanol–water partition coefficient (Wildman–Crippen LogP) is 5.02. The molecule has 0 unspecified atom stereocenters. The van der Waals surface area contributed by atoms with Crippen molar-refractivity contribution in [2.24, 2.45) is 0 Å². The van der Waals surface area contributed by atoms with Gasteiger partial charge < -0.3 is 4.74 Å². The molecule has 2 nitrogen and oxygen atoms in total. The van der Waals surface area contributed by atoms with Crippen molar-refractivity contribution in [1.82, 2.24) is 4.98 Å². The summed E-state index contributed by atoms with van der Waals surface area (Å²) in [7, 11) is 0. The molecule has 0 aliphatic heterocycles. The van der Waals surface area contributed by atoms with Gasteiger partial charge in [0, 0.05) is 21.1 Å². The Kier molecular flexibility index (Phi) is 3.88. The summed E-state index contributed by atoms with van der Waals surface area (Å²) in [4.78, 5) is 4.50. The summed E-state index contributed by atoms with van der Waals surface area (Å²) in [6.07, 6.45) is 0. The summed E-state index contributed by atoms with van der Waals surface area (Å²) in [5, 5.41) is 1.01. The number of aryl methyl sites for hydroxylation is 1. The molecule has 1 aromatic heterocycles. The summed E-state index contributed by atoms with van der Waals surface area (Å²) in [5.74, 6) is 0.382. The molecule has 0 bridgehead atoms. The zero-order valence-corrected chi connectivity index (χ0v) is 13.0. The summed E-state index contributed by atoms with van der Waals surface area (Å²) in [6, 6.07) is 14.7. The molecule has 3 rings (SSSR count). The topological polar surface area (TPSA) is 22.1 Å². The van der Waals surface area contributed by atoms with Crippen molar-refractivity contribution >= 4 is 26.8 Å². The van der Waals surface area contributed by atoms with E-state index >= 15 is 0 Å². The second-order valence-corrected chi connectivity index (χ2v) is 5.72. The fourth-order valence-corrected chi connectivity index (χ4v) is 2.46. The Morgan fingerprint density at radius 3 is 2.81 bits per heavy atom. The highest BCUT2D eigenvalue weighted by Crippen LogP contribution is 2.25. The Labute approximate surface area is 130 Å². The van der Waals surface area contributed by atoms with Gasteiger partial charge in [-0.3, -0.25) is 0 Å². The number of pyridine rings is 1. The summed E-state index contributed by atoms with van der Waals surface area (Å²) in [5.41, 5.74) is 2.24. The Balaban J connectivity index is 1.90. The third-order valence-electron chi connectivity index (χ3n) is 3.22. The fraction of sp³-hybridized carbons (Fsp3) is 0.118. The molecule has 0 N–H and O–H groups in total. The molecule has 0 amide bonds. The third kappa shape index (κ3) is 3.05. The second-order valence-electron chi connectivity index (χ2n) is 4.80. The van der Waals surface area contributed by atoms with Gasteiger partial charge in [-0.25, -0.2) is 9.37 Å². The van der Waals surface area contributed by atoms with Crippen LogP contribution in [0.5, 0.6) is 5.75 Å². The van der Waals surface area contributed by atoms with Crippen molar-refractivity contribution in [3.05, 3.63) is 70.1 Å². The number of halogens is 2. The molecule has 21 heavy (non-hydrogen) atoms. The molecule has 0 saturated carbocycles. The van der Waals surface area contributed by atoms with E-state index < -0.39 is 0 Å². The molecular weight excluding hydrogens is 333 g/mol. The van der Waals surface area contributed by atoms with Crippen LogP contribution in [0.25, 0.3) is 10.9 Å². The minimum absolute atomic E-state index is 0.174. The quantitative estimate of drug-likeness (QED) is 0.664. The van der Waals surface area contributed by atoms with Crippen LogP contribution in [0.2, 0.25) is 0 Å². The van der Waals surface area contributed by atoms with Gasteiger partial charge in [0.1, 0.15) is 23.7 Å². The molecule has 1 heterocycles. The van der Waals surface area contributed by atoms with Crippen LogP contribution in [0.15, 0.2) is 53.0 Å². The molecule has 0 radical (unpaired) electrons. The predicted molar refractivity (Wildman–Crippen MR) is 84.9 cm³/mol. The third-order valence-corrected chi connectivity index (χ3v) is 3.71. The van der Waals surface area contributed by atoms with E-state index in [0.717, 1.165) is 16.6 Å². The molecule has 3 aromatic rings.